The van der Waals surface area contributed by atoms with Crippen molar-refractivity contribution in [3.05, 3.63) is 29.3 Å². The number of hydrogen-bond donors (Lipinski definition) is 1. The Kier molecular flexibility index (Phi) is 3.45. The molecule has 1 aromatic rings. The fraction of sp³-hybridized carbons (Fsp3) is 0.588. The Hall–Kier alpha value is -1.51. The van der Waals surface area contributed by atoms with E-state index in [0.717, 1.165) is 12.0 Å². The summed E-state index contributed by atoms with van der Waals surface area (Å²) in [5, 5.41) is 9.32. The molecule has 1 N–H and O–H groups in total. The predicted molar refractivity (Wildman–Crippen MR) is 77.3 cm³/mol. The number of ether oxygens (including phenoxy) is 1. The zero-order valence-electron chi connectivity index (χ0n) is 12.0. The first-order valence-corrected chi connectivity index (χ1v) is 7.61. The molecule has 0 aromatic heterocycles. The van der Waals surface area contributed by atoms with Crippen LogP contribution in [0.25, 0.3) is 0 Å². The minimum absolute atomic E-state index is 0.212. The maximum Gasteiger partial charge on any atom is 0.339 e. The monoisotopic (exact) mass is 274 g/mol. The second-order valence-corrected chi connectivity index (χ2v) is 6.37. The highest BCUT2D eigenvalue weighted by Gasteiger charge is 2.48. The van der Waals surface area contributed by atoms with Gasteiger partial charge in [-0.25, -0.2) is 4.79 Å². The molecule has 1 spiro atoms. The second-order valence-electron chi connectivity index (χ2n) is 6.37. The normalized spacial score (nSPS) is 24.1. The van der Waals surface area contributed by atoms with Gasteiger partial charge in [0.2, 0.25) is 0 Å². The quantitative estimate of drug-likeness (QED) is 0.899. The second kappa shape index (κ2) is 5.12. The summed E-state index contributed by atoms with van der Waals surface area (Å²) in [6.07, 6.45) is 8.92. The van der Waals surface area contributed by atoms with Crippen molar-refractivity contribution >= 4 is 5.97 Å². The highest BCUT2D eigenvalue weighted by molar-refractivity contribution is 5.91. The molecule has 1 aromatic carbocycles. The van der Waals surface area contributed by atoms with Crippen LogP contribution in [-0.4, -0.2) is 17.2 Å². The number of hydrogen-bond acceptors (Lipinski definition) is 2. The number of aryl methyl sites for hydroxylation is 1. The number of rotatable bonds is 3. The summed E-state index contributed by atoms with van der Waals surface area (Å²) in [7, 11) is 0. The van der Waals surface area contributed by atoms with E-state index in [2.05, 4.69) is 0 Å². The lowest BCUT2D eigenvalue weighted by Gasteiger charge is -2.51. The number of carboxylic acid groups (broad SMARTS) is 1. The zero-order chi connectivity index (χ0) is 14.2. The maximum atomic E-state index is 11.3. The molecule has 3 nitrogen and oxygen atoms in total. The molecule has 2 aliphatic rings. The molecule has 1 atom stereocenters. The Bertz CT molecular complexity index is 515. The Morgan fingerprint density at radius 1 is 1.25 bits per heavy atom. The van der Waals surface area contributed by atoms with Crippen molar-refractivity contribution in [3.63, 3.8) is 0 Å². The van der Waals surface area contributed by atoms with Crippen molar-refractivity contribution in [2.75, 3.05) is 0 Å². The fourth-order valence-electron chi connectivity index (χ4n) is 3.75. The molecule has 0 aliphatic heterocycles. The molecule has 2 fully saturated rings. The van der Waals surface area contributed by atoms with Gasteiger partial charge in [-0.05, 0) is 44.7 Å². The Morgan fingerprint density at radius 3 is 2.60 bits per heavy atom. The van der Waals surface area contributed by atoms with E-state index >= 15 is 0 Å². The largest absolute Gasteiger partial charge is 0.489 e. The van der Waals surface area contributed by atoms with E-state index in [9.17, 15) is 9.90 Å². The minimum atomic E-state index is -0.902. The lowest BCUT2D eigenvalue weighted by Crippen LogP contribution is -2.49. The van der Waals surface area contributed by atoms with Crippen molar-refractivity contribution in [1.82, 2.24) is 0 Å². The van der Waals surface area contributed by atoms with E-state index in [0.29, 0.717) is 16.7 Å². The van der Waals surface area contributed by atoms with Gasteiger partial charge in [-0.15, -0.1) is 0 Å². The first-order chi connectivity index (χ1) is 9.61. The van der Waals surface area contributed by atoms with Gasteiger partial charge in [0.05, 0.1) is 0 Å². The van der Waals surface area contributed by atoms with E-state index in [1.54, 1.807) is 6.07 Å². The first-order valence-electron chi connectivity index (χ1n) is 7.61. The number of aromatic carboxylic acids is 1. The van der Waals surface area contributed by atoms with Crippen LogP contribution in [0.15, 0.2) is 18.2 Å². The van der Waals surface area contributed by atoms with Gasteiger partial charge in [-0.1, -0.05) is 30.9 Å². The minimum Gasteiger partial charge on any atom is -0.489 e. The van der Waals surface area contributed by atoms with Gasteiger partial charge in [0.1, 0.15) is 17.4 Å². The lowest BCUT2D eigenvalue weighted by atomic mass is 9.58. The molecule has 2 aliphatic carbocycles. The Labute approximate surface area is 120 Å². The van der Waals surface area contributed by atoms with E-state index in [-0.39, 0.29) is 6.10 Å². The van der Waals surface area contributed by atoms with E-state index < -0.39 is 5.97 Å². The van der Waals surface area contributed by atoms with Gasteiger partial charge in [0, 0.05) is 5.41 Å². The first kappa shape index (κ1) is 13.5. The van der Waals surface area contributed by atoms with Crippen LogP contribution in [0.5, 0.6) is 5.75 Å². The van der Waals surface area contributed by atoms with Crippen LogP contribution < -0.4 is 4.74 Å². The topological polar surface area (TPSA) is 46.5 Å². The molecular formula is C17H22O3. The van der Waals surface area contributed by atoms with Crippen molar-refractivity contribution < 1.29 is 14.6 Å². The third-order valence-corrected chi connectivity index (χ3v) is 5.07. The van der Waals surface area contributed by atoms with Crippen LogP contribution in [0.1, 0.15) is 60.9 Å². The summed E-state index contributed by atoms with van der Waals surface area (Å²) < 4.78 is 6.11. The summed E-state index contributed by atoms with van der Waals surface area (Å²) in [4.78, 5) is 11.3. The Morgan fingerprint density at radius 2 is 2.00 bits per heavy atom. The summed E-state index contributed by atoms with van der Waals surface area (Å²) in [6.45, 7) is 1.90. The molecule has 0 amide bonds. The van der Waals surface area contributed by atoms with Crippen LogP contribution in [0.3, 0.4) is 0 Å². The van der Waals surface area contributed by atoms with Gasteiger partial charge >= 0.3 is 5.97 Å². The van der Waals surface area contributed by atoms with Crippen LogP contribution in [-0.2, 0) is 0 Å². The summed E-state index contributed by atoms with van der Waals surface area (Å²) >= 11 is 0. The van der Waals surface area contributed by atoms with Gasteiger partial charge < -0.3 is 9.84 Å². The molecule has 0 heterocycles. The maximum absolute atomic E-state index is 11.3. The molecule has 0 radical (unpaired) electrons. The molecule has 20 heavy (non-hydrogen) atoms. The van der Waals surface area contributed by atoms with E-state index in [4.69, 9.17) is 4.74 Å². The fourth-order valence-corrected chi connectivity index (χ4v) is 3.75. The van der Waals surface area contributed by atoms with Crippen LogP contribution >= 0.6 is 0 Å². The molecule has 108 valence electrons. The SMILES string of the molecule is Cc1ccc(OC2CCC23CCCCC3)c(C(=O)O)c1. The average molecular weight is 274 g/mol. The van der Waals surface area contributed by atoms with E-state index in [1.165, 1.54) is 38.5 Å². The molecule has 3 rings (SSSR count). The third-order valence-electron chi connectivity index (χ3n) is 5.07. The van der Waals surface area contributed by atoms with Gasteiger partial charge in [-0.2, -0.15) is 0 Å². The molecule has 0 bridgehead atoms. The van der Waals surface area contributed by atoms with Crippen molar-refractivity contribution in [2.24, 2.45) is 5.41 Å². The van der Waals surface area contributed by atoms with Crippen LogP contribution in [0.4, 0.5) is 0 Å². The van der Waals surface area contributed by atoms with Gasteiger partial charge in [-0.3, -0.25) is 0 Å². The molecule has 0 saturated heterocycles. The van der Waals surface area contributed by atoms with Gasteiger partial charge in [0.15, 0.2) is 0 Å². The van der Waals surface area contributed by atoms with Crippen molar-refractivity contribution in [3.8, 4) is 5.75 Å². The number of carbonyl (C=O) groups is 1. The molecule has 3 heteroatoms. The number of benzene rings is 1. The summed E-state index contributed by atoms with van der Waals surface area (Å²) in [5.74, 6) is -0.363. The zero-order valence-corrected chi connectivity index (χ0v) is 12.0. The highest BCUT2D eigenvalue weighted by Crippen LogP contribution is 2.53. The Balaban J connectivity index is 1.79. The van der Waals surface area contributed by atoms with Crippen LogP contribution in [0, 0.1) is 12.3 Å². The average Bonchev–Trinajstić information content (AvgIpc) is 2.45. The van der Waals surface area contributed by atoms with Crippen LogP contribution in [0.2, 0.25) is 0 Å². The summed E-state index contributed by atoms with van der Waals surface area (Å²) in [6, 6.07) is 5.44. The summed E-state index contributed by atoms with van der Waals surface area (Å²) in [5.41, 5.74) is 1.58. The standard InChI is InChI=1S/C17H22O3/c1-12-5-6-14(13(11-12)16(18)19)20-15-7-10-17(15)8-3-2-4-9-17/h5-6,11,15H,2-4,7-10H2,1H3,(H,18,19). The lowest BCUT2D eigenvalue weighted by molar-refractivity contribution is -0.0706. The third kappa shape index (κ3) is 2.30. The highest BCUT2D eigenvalue weighted by atomic mass is 16.5. The van der Waals surface area contributed by atoms with Crippen molar-refractivity contribution in [1.29, 1.82) is 0 Å². The molecule has 1 unspecified atom stereocenters. The smallest absolute Gasteiger partial charge is 0.339 e. The predicted octanol–water partition coefficient (Wildman–Crippen LogP) is 4.18. The number of carboxylic acids is 1. The molecular weight excluding hydrogens is 252 g/mol. The van der Waals surface area contributed by atoms with Crippen molar-refractivity contribution in [2.45, 2.75) is 58.0 Å². The van der Waals surface area contributed by atoms with Gasteiger partial charge in [0.25, 0.3) is 0 Å². The molecule has 2 saturated carbocycles. The van der Waals surface area contributed by atoms with E-state index in [1.807, 2.05) is 19.1 Å².